The molecular weight excluding hydrogens is 370 g/mol. The van der Waals surface area contributed by atoms with Crippen molar-refractivity contribution in [1.82, 2.24) is 15.1 Å². The van der Waals surface area contributed by atoms with Gasteiger partial charge in [-0.3, -0.25) is 4.79 Å². The van der Waals surface area contributed by atoms with Gasteiger partial charge in [0, 0.05) is 23.5 Å². The van der Waals surface area contributed by atoms with E-state index in [1.807, 2.05) is 48.7 Å². The Bertz CT molecular complexity index is 1120. The molecule has 0 aliphatic heterocycles. The third-order valence-electron chi connectivity index (χ3n) is 4.67. The first-order valence-electron chi connectivity index (χ1n) is 9.41. The Morgan fingerprint density at radius 2 is 1.97 bits per heavy atom. The molecule has 0 bridgehead atoms. The lowest BCUT2D eigenvalue weighted by Gasteiger charge is -2.03. The largest absolute Gasteiger partial charge is 0.496 e. The number of nitrogens with zero attached hydrogens (tertiary/aromatic N) is 2. The van der Waals surface area contributed by atoms with Gasteiger partial charge in [-0.2, -0.15) is 4.98 Å². The zero-order valence-electron chi connectivity index (χ0n) is 16.1. The van der Waals surface area contributed by atoms with Crippen LogP contribution in [0.2, 0.25) is 0 Å². The van der Waals surface area contributed by atoms with Crippen molar-refractivity contribution in [2.24, 2.45) is 0 Å². The van der Waals surface area contributed by atoms with Gasteiger partial charge in [-0.05, 0) is 36.6 Å². The molecule has 0 spiro atoms. The molecule has 2 aromatic carbocycles. The summed E-state index contributed by atoms with van der Waals surface area (Å²) < 4.78 is 15.7. The summed E-state index contributed by atoms with van der Waals surface area (Å²) in [6.45, 7) is -0.0476. The predicted molar refractivity (Wildman–Crippen MR) is 107 cm³/mol. The van der Waals surface area contributed by atoms with Gasteiger partial charge in [0.15, 0.2) is 6.61 Å². The summed E-state index contributed by atoms with van der Waals surface area (Å²) in [6.07, 6.45) is 3.83. The van der Waals surface area contributed by atoms with E-state index in [-0.39, 0.29) is 18.5 Å². The monoisotopic (exact) mass is 391 g/mol. The van der Waals surface area contributed by atoms with Crippen molar-refractivity contribution in [3.05, 3.63) is 66.2 Å². The van der Waals surface area contributed by atoms with Crippen LogP contribution in [0.1, 0.15) is 24.3 Å². The van der Waals surface area contributed by atoms with Crippen LogP contribution in [0.3, 0.4) is 0 Å². The number of esters is 1. The number of hydrogen-bond donors (Lipinski definition) is 1. The molecule has 0 aliphatic rings. The number of ether oxygens (including phenoxy) is 2. The summed E-state index contributed by atoms with van der Waals surface area (Å²) in [5.74, 6) is 1.000. The topological polar surface area (TPSA) is 90.2 Å². The minimum atomic E-state index is -0.290. The normalized spacial score (nSPS) is 10.9. The van der Waals surface area contributed by atoms with E-state index in [2.05, 4.69) is 21.2 Å². The van der Waals surface area contributed by atoms with Crippen LogP contribution in [0.5, 0.6) is 5.75 Å². The molecule has 2 aromatic heterocycles. The summed E-state index contributed by atoms with van der Waals surface area (Å²) >= 11 is 0. The molecule has 0 fully saturated rings. The van der Waals surface area contributed by atoms with Gasteiger partial charge in [0.05, 0.1) is 12.7 Å². The molecule has 0 atom stereocenters. The number of nitrogens with one attached hydrogen (secondary N) is 1. The molecule has 0 amide bonds. The third kappa shape index (κ3) is 4.29. The molecule has 1 N–H and O–H groups in total. The molecule has 4 aromatic rings. The fraction of sp³-hybridized carbons (Fsp3) is 0.227. The zero-order chi connectivity index (χ0) is 20.1. The van der Waals surface area contributed by atoms with Gasteiger partial charge in [-0.15, -0.1) is 0 Å². The Hall–Kier alpha value is -3.61. The first-order chi connectivity index (χ1) is 14.2. The van der Waals surface area contributed by atoms with Crippen LogP contribution in [0.25, 0.3) is 22.3 Å². The average Bonchev–Trinajstić information content (AvgIpc) is 3.40. The van der Waals surface area contributed by atoms with E-state index < -0.39 is 0 Å². The fourth-order valence-corrected chi connectivity index (χ4v) is 3.23. The maximum absolute atomic E-state index is 12.0. The lowest BCUT2D eigenvalue weighted by atomic mass is 10.1. The van der Waals surface area contributed by atoms with Crippen LogP contribution >= 0.6 is 0 Å². The van der Waals surface area contributed by atoms with E-state index in [1.165, 1.54) is 10.9 Å². The van der Waals surface area contributed by atoms with Crippen LogP contribution in [0, 0.1) is 0 Å². The van der Waals surface area contributed by atoms with Crippen molar-refractivity contribution in [3.63, 3.8) is 0 Å². The van der Waals surface area contributed by atoms with Gasteiger partial charge in [0.25, 0.3) is 5.89 Å². The Labute approximate surface area is 167 Å². The number of para-hydroxylation sites is 2. The van der Waals surface area contributed by atoms with Crippen molar-refractivity contribution in [2.45, 2.75) is 25.9 Å². The molecular formula is C22H21N3O4. The number of carbonyl (C=O) groups excluding carboxylic acids is 1. The van der Waals surface area contributed by atoms with Crippen molar-refractivity contribution in [3.8, 4) is 17.1 Å². The quantitative estimate of drug-likeness (QED) is 0.451. The second kappa shape index (κ2) is 8.60. The highest BCUT2D eigenvalue weighted by atomic mass is 16.6. The maximum Gasteiger partial charge on any atom is 0.306 e. The number of aromatic amines is 1. The minimum absolute atomic E-state index is 0.0476. The summed E-state index contributed by atoms with van der Waals surface area (Å²) in [4.78, 5) is 19.6. The number of H-pyrrole nitrogens is 1. The van der Waals surface area contributed by atoms with Crippen molar-refractivity contribution in [2.75, 3.05) is 7.11 Å². The minimum Gasteiger partial charge on any atom is -0.496 e. The standard InChI is InChI=1S/C22H21N3O4/c1-27-19-11-5-3-9-17(19)22-24-20(29-25-22)14-28-21(26)12-6-7-15-13-23-18-10-4-2-8-16(15)18/h2-5,8-11,13,23H,6-7,12,14H2,1H3. The first-order valence-corrected chi connectivity index (χ1v) is 9.41. The van der Waals surface area contributed by atoms with E-state index in [9.17, 15) is 4.79 Å². The van der Waals surface area contributed by atoms with Crippen LogP contribution in [0.15, 0.2) is 59.3 Å². The number of rotatable bonds is 8. The average molecular weight is 391 g/mol. The molecule has 29 heavy (non-hydrogen) atoms. The van der Waals surface area contributed by atoms with Gasteiger partial charge in [-0.1, -0.05) is 35.5 Å². The van der Waals surface area contributed by atoms with Gasteiger partial charge in [-0.25, -0.2) is 0 Å². The van der Waals surface area contributed by atoms with Crippen molar-refractivity contribution >= 4 is 16.9 Å². The molecule has 2 heterocycles. The summed E-state index contributed by atoms with van der Waals surface area (Å²) in [7, 11) is 1.58. The molecule has 148 valence electrons. The van der Waals surface area contributed by atoms with Crippen molar-refractivity contribution in [1.29, 1.82) is 0 Å². The number of fused-ring (bicyclic) bond motifs is 1. The van der Waals surface area contributed by atoms with Crippen LogP contribution in [0.4, 0.5) is 0 Å². The molecule has 7 heteroatoms. The number of hydrogen-bond acceptors (Lipinski definition) is 6. The zero-order valence-corrected chi connectivity index (χ0v) is 16.1. The molecule has 0 saturated heterocycles. The van der Waals surface area contributed by atoms with E-state index in [4.69, 9.17) is 14.0 Å². The third-order valence-corrected chi connectivity index (χ3v) is 4.67. The van der Waals surface area contributed by atoms with E-state index >= 15 is 0 Å². The summed E-state index contributed by atoms with van der Waals surface area (Å²) in [6, 6.07) is 15.5. The summed E-state index contributed by atoms with van der Waals surface area (Å²) in [5.41, 5.74) is 3.02. The number of methoxy groups -OCH3 is 1. The Kier molecular flexibility index (Phi) is 5.56. The van der Waals surface area contributed by atoms with Gasteiger partial charge >= 0.3 is 5.97 Å². The van der Waals surface area contributed by atoms with Crippen LogP contribution in [-0.2, 0) is 22.6 Å². The van der Waals surface area contributed by atoms with Gasteiger partial charge in [0.2, 0.25) is 5.82 Å². The van der Waals surface area contributed by atoms with Gasteiger partial charge < -0.3 is 19.0 Å². The highest BCUT2D eigenvalue weighted by Gasteiger charge is 2.14. The van der Waals surface area contributed by atoms with E-state index in [1.54, 1.807) is 7.11 Å². The van der Waals surface area contributed by atoms with Crippen molar-refractivity contribution < 1.29 is 18.8 Å². The molecule has 0 saturated carbocycles. The van der Waals surface area contributed by atoms with Crippen LogP contribution in [-0.4, -0.2) is 28.2 Å². The Balaban J connectivity index is 1.27. The molecule has 4 rings (SSSR count). The second-order valence-electron chi connectivity index (χ2n) is 6.59. The number of benzene rings is 2. The lowest BCUT2D eigenvalue weighted by molar-refractivity contribution is -0.145. The van der Waals surface area contributed by atoms with E-state index in [0.717, 1.165) is 17.5 Å². The molecule has 0 aliphatic carbocycles. The van der Waals surface area contributed by atoms with E-state index in [0.29, 0.717) is 24.4 Å². The highest BCUT2D eigenvalue weighted by Crippen LogP contribution is 2.27. The predicted octanol–water partition coefficient (Wildman–Crippen LogP) is 4.29. The SMILES string of the molecule is COc1ccccc1-c1noc(COC(=O)CCCc2c[nH]c3ccccc23)n1. The van der Waals surface area contributed by atoms with Crippen LogP contribution < -0.4 is 4.74 Å². The Morgan fingerprint density at radius 3 is 2.86 bits per heavy atom. The number of aryl methyl sites for hydroxylation is 1. The molecule has 0 unspecified atom stereocenters. The maximum atomic E-state index is 12.0. The number of carbonyl (C=O) groups is 1. The molecule has 0 radical (unpaired) electrons. The van der Waals surface area contributed by atoms with Gasteiger partial charge in [0.1, 0.15) is 5.75 Å². The second-order valence-corrected chi connectivity index (χ2v) is 6.59. The number of aromatic nitrogens is 3. The fourth-order valence-electron chi connectivity index (χ4n) is 3.23. The molecule has 7 nitrogen and oxygen atoms in total. The lowest BCUT2D eigenvalue weighted by Crippen LogP contribution is -2.05. The summed E-state index contributed by atoms with van der Waals surface area (Å²) in [5, 5.41) is 5.13. The first kappa shape index (κ1) is 18.7. The Morgan fingerprint density at radius 1 is 1.14 bits per heavy atom. The smallest absolute Gasteiger partial charge is 0.306 e. The highest BCUT2D eigenvalue weighted by molar-refractivity contribution is 5.83.